The van der Waals surface area contributed by atoms with Gasteiger partial charge in [-0.3, -0.25) is 9.59 Å². The van der Waals surface area contributed by atoms with Crippen LogP contribution in [0.4, 0.5) is 0 Å². The van der Waals surface area contributed by atoms with E-state index in [1.807, 2.05) is 20.2 Å². The molecule has 0 unspecified atom stereocenters. The third-order valence-electron chi connectivity index (χ3n) is 3.53. The molecule has 0 aliphatic rings. The van der Waals surface area contributed by atoms with Gasteiger partial charge in [0, 0.05) is 24.8 Å². The molecule has 0 amide bonds. The Bertz CT molecular complexity index is 726. The summed E-state index contributed by atoms with van der Waals surface area (Å²) in [4.78, 5) is 24.5. The number of aliphatic carboxylic acids is 1. The van der Waals surface area contributed by atoms with Gasteiger partial charge >= 0.3 is 11.9 Å². The minimum Gasteiger partial charge on any atom is -0.481 e. The number of carbonyl (C=O) groups excluding carboxylic acids is 1. The lowest BCUT2D eigenvalue weighted by atomic mass is 10.1. The number of aromatic nitrogens is 2. The Morgan fingerprint density at radius 3 is 2.75 bits per heavy atom. The molecule has 7 heteroatoms. The number of likely N-dealkylation sites (N-methyl/N-ethyl adjacent to an activating group) is 1. The van der Waals surface area contributed by atoms with Crippen LogP contribution >= 0.6 is 0 Å². The summed E-state index contributed by atoms with van der Waals surface area (Å²) in [5.41, 5.74) is 1.63. The largest absolute Gasteiger partial charge is 0.481 e. The van der Waals surface area contributed by atoms with Gasteiger partial charge in [0.05, 0.1) is 11.7 Å². The van der Waals surface area contributed by atoms with E-state index in [2.05, 4.69) is 15.1 Å². The van der Waals surface area contributed by atoms with Crippen LogP contribution < -0.4 is 4.74 Å². The second-order valence-corrected chi connectivity index (χ2v) is 5.79. The van der Waals surface area contributed by atoms with Crippen LogP contribution in [0.3, 0.4) is 0 Å². The third-order valence-corrected chi connectivity index (χ3v) is 3.53. The molecule has 0 atom stereocenters. The van der Waals surface area contributed by atoms with Gasteiger partial charge in [-0.05, 0) is 44.6 Å². The van der Waals surface area contributed by atoms with Gasteiger partial charge in [-0.15, -0.1) is 0 Å². The molecule has 1 N–H and O–H groups in total. The van der Waals surface area contributed by atoms with Crippen LogP contribution in [-0.4, -0.2) is 52.8 Å². The number of carboxylic acid groups (broad SMARTS) is 1. The van der Waals surface area contributed by atoms with E-state index in [1.165, 1.54) is 0 Å². The molecule has 0 fully saturated rings. The maximum Gasteiger partial charge on any atom is 0.311 e. The number of hydrogen-bond acceptors (Lipinski definition) is 6. The van der Waals surface area contributed by atoms with E-state index >= 15 is 0 Å². The predicted molar refractivity (Wildman–Crippen MR) is 88.9 cm³/mol. The number of ether oxygens (including phenoxy) is 1. The summed E-state index contributed by atoms with van der Waals surface area (Å²) < 4.78 is 5.44. The van der Waals surface area contributed by atoms with Crippen molar-refractivity contribution in [2.45, 2.75) is 25.7 Å². The SMILES string of the molecule is CN(C)CCc1cnnc2cccc(OC(=O)CCCC(=O)O)c12. The number of rotatable bonds is 8. The molecule has 0 saturated heterocycles. The van der Waals surface area contributed by atoms with E-state index < -0.39 is 11.9 Å². The standard InChI is InChI=1S/C17H21N3O4/c1-20(2)10-9-12-11-18-19-13-5-3-6-14(17(12)13)24-16(23)8-4-7-15(21)22/h3,5-6,11H,4,7-10H2,1-2H3,(H,21,22). The zero-order valence-corrected chi connectivity index (χ0v) is 13.9. The molecule has 1 aromatic carbocycles. The molecular weight excluding hydrogens is 310 g/mol. The highest BCUT2D eigenvalue weighted by Gasteiger charge is 2.13. The van der Waals surface area contributed by atoms with Crippen molar-refractivity contribution in [2.24, 2.45) is 0 Å². The molecule has 2 rings (SSSR count). The number of hydrogen-bond donors (Lipinski definition) is 1. The highest BCUT2D eigenvalue weighted by atomic mass is 16.5. The van der Waals surface area contributed by atoms with E-state index in [0.29, 0.717) is 11.3 Å². The fraction of sp³-hybridized carbons (Fsp3) is 0.412. The minimum absolute atomic E-state index is 0.0514. The molecule has 24 heavy (non-hydrogen) atoms. The van der Waals surface area contributed by atoms with Gasteiger partial charge in [-0.1, -0.05) is 6.07 Å². The summed E-state index contributed by atoms with van der Waals surface area (Å²) in [6, 6.07) is 5.30. The number of benzene rings is 1. The van der Waals surface area contributed by atoms with Gasteiger partial charge in [0.25, 0.3) is 0 Å². The lowest BCUT2D eigenvalue weighted by molar-refractivity contribution is -0.137. The first-order valence-corrected chi connectivity index (χ1v) is 7.78. The average Bonchev–Trinajstić information content (AvgIpc) is 2.52. The van der Waals surface area contributed by atoms with Crippen molar-refractivity contribution < 1.29 is 19.4 Å². The minimum atomic E-state index is -0.922. The number of fused-ring (bicyclic) bond motifs is 1. The normalized spacial score (nSPS) is 11.0. The smallest absolute Gasteiger partial charge is 0.311 e. The Kier molecular flexibility index (Phi) is 6.20. The molecule has 128 valence electrons. The van der Waals surface area contributed by atoms with Crippen LogP contribution in [0.2, 0.25) is 0 Å². The zero-order valence-electron chi connectivity index (χ0n) is 13.9. The summed E-state index contributed by atoms with van der Waals surface area (Å²) in [6.45, 7) is 0.835. The lowest BCUT2D eigenvalue weighted by Crippen LogP contribution is -2.16. The van der Waals surface area contributed by atoms with E-state index in [4.69, 9.17) is 9.84 Å². The summed E-state index contributed by atoms with van der Waals surface area (Å²) in [6.07, 6.45) is 2.71. The van der Waals surface area contributed by atoms with Crippen LogP contribution in [0.25, 0.3) is 10.9 Å². The Hall–Kier alpha value is -2.54. The molecule has 1 aromatic heterocycles. The van der Waals surface area contributed by atoms with E-state index in [0.717, 1.165) is 23.9 Å². The molecule has 0 radical (unpaired) electrons. The lowest BCUT2D eigenvalue weighted by Gasteiger charge is -2.13. The highest BCUT2D eigenvalue weighted by Crippen LogP contribution is 2.28. The summed E-state index contributed by atoms with van der Waals surface area (Å²) >= 11 is 0. The Morgan fingerprint density at radius 2 is 2.04 bits per heavy atom. The van der Waals surface area contributed by atoms with E-state index in [9.17, 15) is 9.59 Å². The molecule has 0 spiro atoms. The topological polar surface area (TPSA) is 92.6 Å². The number of esters is 1. The molecule has 0 bridgehead atoms. The van der Waals surface area contributed by atoms with Crippen LogP contribution in [0, 0.1) is 0 Å². The third kappa shape index (κ3) is 4.99. The van der Waals surface area contributed by atoms with Crippen molar-refractivity contribution in [3.8, 4) is 5.75 Å². The fourth-order valence-corrected chi connectivity index (χ4v) is 2.33. The fourth-order valence-electron chi connectivity index (χ4n) is 2.33. The Balaban J connectivity index is 2.19. The molecule has 0 aliphatic carbocycles. The van der Waals surface area contributed by atoms with Crippen molar-refractivity contribution in [1.82, 2.24) is 15.1 Å². The molecule has 0 aliphatic heterocycles. The first-order chi connectivity index (χ1) is 11.5. The van der Waals surface area contributed by atoms with Gasteiger partial charge in [0.1, 0.15) is 5.75 Å². The van der Waals surface area contributed by atoms with E-state index in [-0.39, 0.29) is 19.3 Å². The number of carboxylic acids is 1. The predicted octanol–water partition coefficient (Wildman–Crippen LogP) is 1.89. The van der Waals surface area contributed by atoms with Crippen molar-refractivity contribution in [1.29, 1.82) is 0 Å². The summed E-state index contributed by atoms with van der Waals surface area (Å²) in [7, 11) is 3.97. The van der Waals surface area contributed by atoms with Gasteiger partial charge in [-0.25, -0.2) is 0 Å². The monoisotopic (exact) mass is 331 g/mol. The second kappa shape index (κ2) is 8.35. The summed E-state index contributed by atoms with van der Waals surface area (Å²) in [5.74, 6) is -0.926. The van der Waals surface area contributed by atoms with Gasteiger partial charge < -0.3 is 14.7 Å². The molecule has 2 aromatic rings. The van der Waals surface area contributed by atoms with Crippen LogP contribution in [-0.2, 0) is 16.0 Å². The van der Waals surface area contributed by atoms with Crippen molar-refractivity contribution in [3.05, 3.63) is 30.0 Å². The van der Waals surface area contributed by atoms with Gasteiger partial charge in [-0.2, -0.15) is 10.2 Å². The van der Waals surface area contributed by atoms with Gasteiger partial charge in [0.2, 0.25) is 0 Å². The Labute approximate surface area is 140 Å². The second-order valence-electron chi connectivity index (χ2n) is 5.79. The molecular formula is C17H21N3O4. The highest BCUT2D eigenvalue weighted by molar-refractivity contribution is 5.90. The zero-order chi connectivity index (χ0) is 17.5. The summed E-state index contributed by atoms with van der Waals surface area (Å²) in [5, 5.41) is 17.5. The van der Waals surface area contributed by atoms with E-state index in [1.54, 1.807) is 18.3 Å². The average molecular weight is 331 g/mol. The first kappa shape index (κ1) is 17.8. The molecule has 1 heterocycles. The van der Waals surface area contributed by atoms with Crippen molar-refractivity contribution in [3.63, 3.8) is 0 Å². The number of nitrogens with zero attached hydrogens (tertiary/aromatic N) is 3. The maximum absolute atomic E-state index is 12.0. The van der Waals surface area contributed by atoms with Crippen molar-refractivity contribution >= 4 is 22.8 Å². The molecule has 7 nitrogen and oxygen atoms in total. The van der Waals surface area contributed by atoms with Crippen molar-refractivity contribution in [2.75, 3.05) is 20.6 Å². The number of carbonyl (C=O) groups is 2. The van der Waals surface area contributed by atoms with Crippen LogP contribution in [0.15, 0.2) is 24.4 Å². The first-order valence-electron chi connectivity index (χ1n) is 7.78. The van der Waals surface area contributed by atoms with Crippen LogP contribution in [0.1, 0.15) is 24.8 Å². The van der Waals surface area contributed by atoms with Gasteiger partial charge in [0.15, 0.2) is 0 Å². The Morgan fingerprint density at radius 1 is 1.25 bits per heavy atom. The quantitative estimate of drug-likeness (QED) is 0.583. The molecule has 0 saturated carbocycles. The van der Waals surface area contributed by atoms with Crippen LogP contribution in [0.5, 0.6) is 5.75 Å². The maximum atomic E-state index is 12.0.